The Balaban J connectivity index is 2.11. The third-order valence-electron chi connectivity index (χ3n) is 2.64. The Kier molecular flexibility index (Phi) is 5.17. The number of nitro groups is 2. The third kappa shape index (κ3) is 4.09. The second kappa shape index (κ2) is 7.11. The topological polar surface area (TPSA) is 122 Å². The maximum Gasteiger partial charge on any atom is 0.519 e. The Morgan fingerprint density at radius 1 is 0.833 bits per heavy atom. The molecule has 0 aliphatic carbocycles. The molecule has 124 valence electrons. The number of ether oxygens (including phenoxy) is 2. The van der Waals surface area contributed by atoms with E-state index in [4.69, 9.17) is 32.7 Å². The number of hydrogen-bond donors (Lipinski definition) is 0. The van der Waals surface area contributed by atoms with Crippen LogP contribution in [-0.2, 0) is 0 Å². The monoisotopic (exact) mass is 372 g/mol. The first-order valence-corrected chi connectivity index (χ1v) is 6.81. The number of halogens is 2. The lowest BCUT2D eigenvalue weighted by atomic mass is 10.3. The molecule has 2 aromatic carbocycles. The lowest BCUT2D eigenvalue weighted by Gasteiger charge is -2.07. The molecule has 0 saturated carbocycles. The van der Waals surface area contributed by atoms with Crippen LogP contribution in [0.25, 0.3) is 0 Å². The van der Waals surface area contributed by atoms with Crippen LogP contribution in [0.5, 0.6) is 11.5 Å². The molecule has 2 aromatic rings. The number of rotatable bonds is 4. The molecule has 0 atom stereocenters. The van der Waals surface area contributed by atoms with Gasteiger partial charge in [0.1, 0.15) is 0 Å². The highest BCUT2D eigenvalue weighted by Crippen LogP contribution is 2.31. The maximum atomic E-state index is 11.7. The summed E-state index contributed by atoms with van der Waals surface area (Å²) in [6, 6.07) is 6.44. The molecule has 0 aliphatic heterocycles. The van der Waals surface area contributed by atoms with Gasteiger partial charge in [-0.1, -0.05) is 23.2 Å². The van der Waals surface area contributed by atoms with Crippen molar-refractivity contribution >= 4 is 40.7 Å². The summed E-state index contributed by atoms with van der Waals surface area (Å²) in [5.41, 5.74) is -0.557. The lowest BCUT2D eigenvalue weighted by molar-refractivity contribution is -0.385. The molecular formula is C13H6Cl2N2O7. The van der Waals surface area contributed by atoms with Gasteiger partial charge in [0.2, 0.25) is 0 Å². The number of carbonyl (C=O) groups is 1. The molecule has 0 N–H and O–H groups in total. The van der Waals surface area contributed by atoms with Crippen molar-refractivity contribution in [1.29, 1.82) is 0 Å². The van der Waals surface area contributed by atoms with Crippen LogP contribution >= 0.6 is 23.2 Å². The predicted molar refractivity (Wildman–Crippen MR) is 82.9 cm³/mol. The molecule has 0 heterocycles. The van der Waals surface area contributed by atoms with Gasteiger partial charge in [0.05, 0.1) is 19.9 Å². The molecule has 24 heavy (non-hydrogen) atoms. The Morgan fingerprint density at radius 3 is 1.50 bits per heavy atom. The van der Waals surface area contributed by atoms with E-state index in [9.17, 15) is 25.0 Å². The summed E-state index contributed by atoms with van der Waals surface area (Å²) in [7, 11) is 0. The molecule has 0 aliphatic rings. The normalized spacial score (nSPS) is 10.1. The van der Waals surface area contributed by atoms with Gasteiger partial charge in [0.15, 0.2) is 11.5 Å². The van der Waals surface area contributed by atoms with Crippen molar-refractivity contribution in [3.05, 3.63) is 66.7 Å². The summed E-state index contributed by atoms with van der Waals surface area (Å²) in [5, 5.41) is 20.8. The predicted octanol–water partition coefficient (Wildman–Crippen LogP) is 4.39. The van der Waals surface area contributed by atoms with Gasteiger partial charge in [-0.25, -0.2) is 4.79 Å². The summed E-state index contributed by atoms with van der Waals surface area (Å²) in [4.78, 5) is 31.6. The summed E-state index contributed by atoms with van der Waals surface area (Å²) in [6.45, 7) is 0. The summed E-state index contributed by atoms with van der Waals surface area (Å²) < 4.78 is 9.62. The van der Waals surface area contributed by atoms with Crippen molar-refractivity contribution in [3.63, 3.8) is 0 Å². The van der Waals surface area contributed by atoms with Crippen molar-refractivity contribution in [1.82, 2.24) is 0 Å². The molecule has 0 unspecified atom stereocenters. The first-order valence-electron chi connectivity index (χ1n) is 6.05. The maximum absolute atomic E-state index is 11.7. The van der Waals surface area contributed by atoms with Crippen molar-refractivity contribution in [2.75, 3.05) is 0 Å². The number of hydrogen-bond acceptors (Lipinski definition) is 7. The highest BCUT2D eigenvalue weighted by molar-refractivity contribution is 6.32. The van der Waals surface area contributed by atoms with Crippen LogP contribution in [0.2, 0.25) is 10.0 Å². The third-order valence-corrected chi connectivity index (χ3v) is 3.23. The zero-order chi connectivity index (χ0) is 17.9. The van der Waals surface area contributed by atoms with E-state index >= 15 is 0 Å². The van der Waals surface area contributed by atoms with Gasteiger partial charge in [-0.05, 0) is 12.1 Å². The van der Waals surface area contributed by atoms with Gasteiger partial charge < -0.3 is 9.47 Å². The van der Waals surface area contributed by atoms with E-state index in [0.717, 1.165) is 36.4 Å². The summed E-state index contributed by atoms with van der Waals surface area (Å²) >= 11 is 11.5. The van der Waals surface area contributed by atoms with Crippen LogP contribution in [0.1, 0.15) is 0 Å². The average molecular weight is 373 g/mol. The Morgan fingerprint density at radius 2 is 1.21 bits per heavy atom. The van der Waals surface area contributed by atoms with E-state index in [0.29, 0.717) is 0 Å². The van der Waals surface area contributed by atoms with Gasteiger partial charge >= 0.3 is 6.16 Å². The minimum atomic E-state index is -1.22. The molecule has 0 fully saturated rings. The van der Waals surface area contributed by atoms with E-state index in [1.807, 2.05) is 0 Å². The van der Waals surface area contributed by atoms with Crippen LogP contribution in [0.4, 0.5) is 16.2 Å². The van der Waals surface area contributed by atoms with Crippen LogP contribution < -0.4 is 9.47 Å². The van der Waals surface area contributed by atoms with E-state index < -0.39 is 16.0 Å². The fraction of sp³-hybridized carbons (Fsp3) is 0. The Bertz CT molecular complexity index is 774. The zero-order valence-corrected chi connectivity index (χ0v) is 13.0. The van der Waals surface area contributed by atoms with Gasteiger partial charge in [-0.15, -0.1) is 0 Å². The van der Waals surface area contributed by atoms with Crippen LogP contribution in [-0.4, -0.2) is 16.0 Å². The summed E-state index contributed by atoms with van der Waals surface area (Å²) in [6.07, 6.45) is -1.22. The van der Waals surface area contributed by atoms with E-state index in [-0.39, 0.29) is 32.9 Å². The number of non-ortho nitro benzene ring substituents is 2. The standard InChI is InChI=1S/C13H6Cl2N2O7/c14-9-5-7(16(19)20)1-3-11(9)23-13(18)24-12-4-2-8(17(21)22)6-10(12)15/h1-6H. The van der Waals surface area contributed by atoms with Crippen LogP contribution in [0.3, 0.4) is 0 Å². The van der Waals surface area contributed by atoms with Gasteiger partial charge in [0.25, 0.3) is 11.4 Å². The fourth-order valence-electron chi connectivity index (χ4n) is 1.57. The van der Waals surface area contributed by atoms with Crippen LogP contribution in [0.15, 0.2) is 36.4 Å². The molecular weight excluding hydrogens is 367 g/mol. The first kappa shape index (κ1) is 17.4. The average Bonchev–Trinajstić information content (AvgIpc) is 2.50. The molecule has 0 radical (unpaired) electrons. The molecule has 9 nitrogen and oxygen atoms in total. The highest BCUT2D eigenvalue weighted by Gasteiger charge is 2.17. The number of nitrogens with zero attached hydrogens (tertiary/aromatic N) is 2. The summed E-state index contributed by atoms with van der Waals surface area (Å²) in [5.74, 6) is -0.324. The quantitative estimate of drug-likeness (QED) is 0.337. The zero-order valence-electron chi connectivity index (χ0n) is 11.5. The minimum Gasteiger partial charge on any atom is -0.393 e. The number of nitro benzene ring substituents is 2. The minimum absolute atomic E-state index is 0.162. The Labute approximate surface area is 143 Å². The van der Waals surface area contributed by atoms with E-state index in [1.54, 1.807) is 0 Å². The van der Waals surface area contributed by atoms with Crippen LogP contribution in [0, 0.1) is 20.2 Å². The molecule has 0 saturated heterocycles. The van der Waals surface area contributed by atoms with Crippen molar-refractivity contribution in [2.24, 2.45) is 0 Å². The lowest BCUT2D eigenvalue weighted by Crippen LogP contribution is -2.14. The second-order valence-corrected chi connectivity index (χ2v) is 5.01. The van der Waals surface area contributed by atoms with Crippen molar-refractivity contribution in [2.45, 2.75) is 0 Å². The molecule has 11 heteroatoms. The largest absolute Gasteiger partial charge is 0.519 e. The molecule has 0 aromatic heterocycles. The first-order chi connectivity index (χ1) is 11.3. The fourth-order valence-corrected chi connectivity index (χ4v) is 2.00. The molecule has 0 spiro atoms. The van der Waals surface area contributed by atoms with Gasteiger partial charge in [-0.3, -0.25) is 20.2 Å². The number of carbonyl (C=O) groups excluding carboxylic acids is 1. The van der Waals surface area contributed by atoms with E-state index in [2.05, 4.69) is 0 Å². The van der Waals surface area contributed by atoms with Gasteiger partial charge in [0, 0.05) is 24.3 Å². The van der Waals surface area contributed by atoms with Crippen molar-refractivity contribution in [3.8, 4) is 11.5 Å². The molecule has 0 bridgehead atoms. The number of benzene rings is 2. The SMILES string of the molecule is O=C(Oc1ccc([N+](=O)[O-])cc1Cl)Oc1ccc([N+](=O)[O-])cc1Cl. The molecule has 0 amide bonds. The smallest absolute Gasteiger partial charge is 0.393 e. The second-order valence-electron chi connectivity index (χ2n) is 4.20. The van der Waals surface area contributed by atoms with Gasteiger partial charge in [-0.2, -0.15) is 0 Å². The van der Waals surface area contributed by atoms with Crippen molar-refractivity contribution < 1.29 is 24.1 Å². The Hall–Kier alpha value is -2.91. The highest BCUT2D eigenvalue weighted by atomic mass is 35.5. The molecule has 2 rings (SSSR count). The van der Waals surface area contributed by atoms with E-state index in [1.165, 1.54) is 0 Å².